The molecule has 0 amide bonds. The highest BCUT2D eigenvalue weighted by molar-refractivity contribution is 6.30. The Kier molecular flexibility index (Phi) is 6.16. The molecule has 2 aromatic carbocycles. The van der Waals surface area contributed by atoms with E-state index in [4.69, 9.17) is 16.3 Å². The fourth-order valence-corrected chi connectivity index (χ4v) is 2.67. The first-order valence-corrected chi connectivity index (χ1v) is 8.26. The Labute approximate surface area is 148 Å². The van der Waals surface area contributed by atoms with Gasteiger partial charge in [-0.15, -0.1) is 0 Å². The summed E-state index contributed by atoms with van der Waals surface area (Å²) in [6, 6.07) is 13.2. The summed E-state index contributed by atoms with van der Waals surface area (Å²) in [6.45, 7) is 4.15. The molecule has 0 saturated heterocycles. The number of aliphatic hydroxyl groups is 1. The molecule has 0 aliphatic rings. The lowest BCUT2D eigenvalue weighted by atomic mass is 9.85. The number of hydrogen-bond acceptors (Lipinski definition) is 3. The minimum Gasteiger partial charge on any atom is -0.396 e. The van der Waals surface area contributed by atoms with Gasteiger partial charge >= 0.3 is 0 Å². The second-order valence-electron chi connectivity index (χ2n) is 6.73. The molecule has 4 heteroatoms. The molecule has 0 aliphatic heterocycles. The molecule has 24 heavy (non-hydrogen) atoms. The molecule has 0 saturated carbocycles. The zero-order chi connectivity index (χ0) is 17.7. The van der Waals surface area contributed by atoms with Gasteiger partial charge in [-0.25, -0.2) is 0 Å². The standard InChI is InChI=1S/C20H23ClO3/c1-20(2,13-22)11-19(23)15-6-9-18(16(10-15)12-24-3)14-4-7-17(21)8-5-14/h4-10,22H,11-13H2,1-3H3. The van der Waals surface area contributed by atoms with E-state index < -0.39 is 5.41 Å². The first-order chi connectivity index (χ1) is 11.4. The number of benzene rings is 2. The molecule has 0 radical (unpaired) electrons. The van der Waals surface area contributed by atoms with Crippen molar-refractivity contribution in [2.75, 3.05) is 13.7 Å². The molecule has 2 aromatic rings. The normalized spacial score (nSPS) is 11.5. The highest BCUT2D eigenvalue weighted by Crippen LogP contribution is 2.28. The van der Waals surface area contributed by atoms with Crippen molar-refractivity contribution in [3.63, 3.8) is 0 Å². The zero-order valence-corrected chi connectivity index (χ0v) is 15.1. The molecule has 0 fully saturated rings. The van der Waals surface area contributed by atoms with Crippen molar-refractivity contribution in [3.05, 3.63) is 58.6 Å². The van der Waals surface area contributed by atoms with Crippen LogP contribution in [0.1, 0.15) is 36.2 Å². The van der Waals surface area contributed by atoms with Gasteiger partial charge in [0.05, 0.1) is 6.61 Å². The second-order valence-corrected chi connectivity index (χ2v) is 7.17. The van der Waals surface area contributed by atoms with E-state index in [9.17, 15) is 9.90 Å². The van der Waals surface area contributed by atoms with E-state index in [2.05, 4.69) is 0 Å². The van der Waals surface area contributed by atoms with Crippen LogP contribution in [0.2, 0.25) is 5.02 Å². The molecule has 0 bridgehead atoms. The van der Waals surface area contributed by atoms with Crippen molar-refractivity contribution >= 4 is 17.4 Å². The molecular formula is C20H23ClO3. The number of ether oxygens (including phenoxy) is 1. The van der Waals surface area contributed by atoms with Crippen molar-refractivity contribution < 1.29 is 14.6 Å². The smallest absolute Gasteiger partial charge is 0.163 e. The molecule has 1 N–H and O–H groups in total. The number of carbonyl (C=O) groups is 1. The molecule has 2 rings (SSSR count). The maximum atomic E-state index is 12.5. The minimum atomic E-state index is -0.423. The van der Waals surface area contributed by atoms with E-state index in [-0.39, 0.29) is 12.4 Å². The van der Waals surface area contributed by atoms with E-state index in [0.29, 0.717) is 23.6 Å². The maximum Gasteiger partial charge on any atom is 0.163 e. The average Bonchev–Trinajstić information content (AvgIpc) is 2.55. The summed E-state index contributed by atoms with van der Waals surface area (Å²) >= 11 is 5.95. The summed E-state index contributed by atoms with van der Waals surface area (Å²) in [5.74, 6) is 0.0223. The quantitative estimate of drug-likeness (QED) is 0.736. The Balaban J connectivity index is 2.36. The minimum absolute atomic E-state index is 0.0213. The Morgan fingerprint density at radius 3 is 2.42 bits per heavy atom. The van der Waals surface area contributed by atoms with Crippen LogP contribution >= 0.6 is 11.6 Å². The van der Waals surface area contributed by atoms with Gasteiger partial charge in [-0.05, 0) is 40.3 Å². The van der Waals surface area contributed by atoms with Crippen molar-refractivity contribution in [1.29, 1.82) is 0 Å². The van der Waals surface area contributed by atoms with Crippen LogP contribution in [0.5, 0.6) is 0 Å². The van der Waals surface area contributed by atoms with E-state index in [1.54, 1.807) is 7.11 Å². The molecule has 0 spiro atoms. The van der Waals surface area contributed by atoms with Gasteiger partial charge in [0.25, 0.3) is 0 Å². The molecule has 0 aliphatic carbocycles. The molecule has 3 nitrogen and oxygen atoms in total. The summed E-state index contributed by atoms with van der Waals surface area (Å²) in [6.07, 6.45) is 0.302. The van der Waals surface area contributed by atoms with Crippen molar-refractivity contribution in [2.24, 2.45) is 5.41 Å². The predicted molar refractivity (Wildman–Crippen MR) is 97.4 cm³/mol. The molecule has 128 valence electrons. The third-order valence-electron chi connectivity index (χ3n) is 3.95. The van der Waals surface area contributed by atoms with Crippen LogP contribution in [0.4, 0.5) is 0 Å². The third-order valence-corrected chi connectivity index (χ3v) is 4.20. The largest absolute Gasteiger partial charge is 0.396 e. The molecule has 0 heterocycles. The SMILES string of the molecule is COCc1cc(C(=O)CC(C)(C)CO)ccc1-c1ccc(Cl)cc1. The van der Waals surface area contributed by atoms with Crippen LogP contribution in [-0.4, -0.2) is 24.6 Å². The van der Waals surface area contributed by atoms with E-state index in [1.807, 2.05) is 56.3 Å². The fraction of sp³-hybridized carbons (Fsp3) is 0.350. The number of carbonyl (C=O) groups excluding carboxylic acids is 1. The number of rotatable bonds is 7. The summed E-state index contributed by atoms with van der Waals surface area (Å²) in [7, 11) is 1.63. The maximum absolute atomic E-state index is 12.5. The zero-order valence-electron chi connectivity index (χ0n) is 14.3. The lowest BCUT2D eigenvalue weighted by Gasteiger charge is -2.20. The Morgan fingerprint density at radius 2 is 1.83 bits per heavy atom. The van der Waals surface area contributed by atoms with Crippen LogP contribution in [0.25, 0.3) is 11.1 Å². The van der Waals surface area contributed by atoms with Crippen LogP contribution in [-0.2, 0) is 11.3 Å². The summed E-state index contributed by atoms with van der Waals surface area (Å²) in [5.41, 5.74) is 3.22. The number of halogens is 1. The van der Waals surface area contributed by atoms with Gasteiger partial charge in [0.15, 0.2) is 5.78 Å². The fourth-order valence-electron chi connectivity index (χ4n) is 2.55. The van der Waals surface area contributed by atoms with Crippen LogP contribution in [0.3, 0.4) is 0 Å². The number of methoxy groups -OCH3 is 1. The molecule has 0 aromatic heterocycles. The van der Waals surface area contributed by atoms with Gasteiger partial charge < -0.3 is 9.84 Å². The number of Topliss-reactive ketones (excluding diaryl/α,β-unsaturated/α-hetero) is 1. The van der Waals surface area contributed by atoms with E-state index >= 15 is 0 Å². The predicted octanol–water partition coefficient (Wildman–Crippen LogP) is 4.74. The molecule has 0 unspecified atom stereocenters. The lowest BCUT2D eigenvalue weighted by Crippen LogP contribution is -2.21. The van der Waals surface area contributed by atoms with Gasteiger partial charge in [-0.2, -0.15) is 0 Å². The van der Waals surface area contributed by atoms with Gasteiger partial charge in [-0.1, -0.05) is 49.7 Å². The van der Waals surface area contributed by atoms with Crippen LogP contribution in [0, 0.1) is 5.41 Å². The summed E-state index contributed by atoms with van der Waals surface area (Å²) < 4.78 is 5.29. The number of hydrogen-bond donors (Lipinski definition) is 1. The van der Waals surface area contributed by atoms with Gasteiger partial charge in [0, 0.05) is 30.7 Å². The summed E-state index contributed by atoms with van der Waals surface area (Å²) in [5, 5.41) is 10.0. The highest BCUT2D eigenvalue weighted by atomic mass is 35.5. The Hall–Kier alpha value is -1.68. The number of aliphatic hydroxyl groups excluding tert-OH is 1. The van der Waals surface area contributed by atoms with Gasteiger partial charge in [0.1, 0.15) is 0 Å². The van der Waals surface area contributed by atoms with Gasteiger partial charge in [0.2, 0.25) is 0 Å². The molecular weight excluding hydrogens is 324 g/mol. The monoisotopic (exact) mass is 346 g/mol. The van der Waals surface area contributed by atoms with Crippen LogP contribution < -0.4 is 0 Å². The van der Waals surface area contributed by atoms with Crippen LogP contribution in [0.15, 0.2) is 42.5 Å². The van der Waals surface area contributed by atoms with Gasteiger partial charge in [-0.3, -0.25) is 4.79 Å². The number of ketones is 1. The first-order valence-electron chi connectivity index (χ1n) is 7.88. The topological polar surface area (TPSA) is 46.5 Å². The van der Waals surface area contributed by atoms with Crippen molar-refractivity contribution in [2.45, 2.75) is 26.9 Å². The second kappa shape index (κ2) is 7.93. The average molecular weight is 347 g/mol. The lowest BCUT2D eigenvalue weighted by molar-refractivity contribution is 0.0858. The Bertz CT molecular complexity index is 705. The van der Waals surface area contributed by atoms with E-state index in [0.717, 1.165) is 16.7 Å². The summed E-state index contributed by atoms with van der Waals surface area (Å²) in [4.78, 5) is 12.5. The van der Waals surface area contributed by atoms with E-state index in [1.165, 1.54) is 0 Å². The highest BCUT2D eigenvalue weighted by Gasteiger charge is 2.22. The molecule has 0 atom stereocenters. The Morgan fingerprint density at radius 1 is 1.17 bits per heavy atom. The van der Waals surface area contributed by atoms with Crippen molar-refractivity contribution in [1.82, 2.24) is 0 Å². The third kappa shape index (κ3) is 4.67. The van der Waals surface area contributed by atoms with Crippen molar-refractivity contribution in [3.8, 4) is 11.1 Å². The first kappa shape index (κ1) is 18.7.